The van der Waals surface area contributed by atoms with Crippen molar-refractivity contribution in [3.63, 3.8) is 0 Å². The number of nitrogens with zero attached hydrogens (tertiary/aromatic N) is 2. The van der Waals surface area contributed by atoms with Crippen LogP contribution in [0.4, 0.5) is 0 Å². The minimum absolute atomic E-state index is 0.0276. The maximum atomic E-state index is 13.3. The Bertz CT molecular complexity index is 926. The van der Waals surface area contributed by atoms with Crippen molar-refractivity contribution in [3.05, 3.63) is 54.4 Å². The average molecular weight is 438 g/mol. The summed E-state index contributed by atoms with van der Waals surface area (Å²) in [6.45, 7) is 5.46. The summed E-state index contributed by atoms with van der Waals surface area (Å²) in [5.41, 5.74) is 1.94. The third-order valence-electron chi connectivity index (χ3n) is 5.97. The quantitative estimate of drug-likeness (QED) is 0.751. The number of ether oxygens (including phenoxy) is 2. The molecule has 0 bridgehead atoms. The summed E-state index contributed by atoms with van der Waals surface area (Å²) >= 11 is 0. The Morgan fingerprint density at radius 1 is 1.19 bits per heavy atom. The average Bonchev–Trinajstić information content (AvgIpc) is 3.34. The summed E-state index contributed by atoms with van der Waals surface area (Å²) in [7, 11) is 0. The van der Waals surface area contributed by atoms with Gasteiger partial charge in [0.2, 0.25) is 0 Å². The number of carbonyl (C=O) groups excluding carboxylic acids is 2. The fraction of sp³-hybridized carbons (Fsp3) is 0.480. The van der Waals surface area contributed by atoms with Crippen LogP contribution in [0.5, 0.6) is 0 Å². The first kappa shape index (κ1) is 22.4. The first-order valence-corrected chi connectivity index (χ1v) is 11.3. The largest absolute Gasteiger partial charge is 0.368 e. The van der Waals surface area contributed by atoms with Gasteiger partial charge in [-0.15, -0.1) is 0 Å². The Hall–Kier alpha value is -2.77. The summed E-state index contributed by atoms with van der Waals surface area (Å²) in [4.78, 5) is 32.2. The zero-order valence-corrected chi connectivity index (χ0v) is 18.8. The molecule has 1 N–H and O–H groups in total. The molecule has 2 fully saturated rings. The van der Waals surface area contributed by atoms with E-state index in [1.165, 1.54) is 0 Å². The number of benzene rings is 1. The standard InChI is InChI=1S/C25H31N3O4/c1-18(2)27-24(30)25(17-28(12-14-32-25)23(29)22-6-4-13-31-22)15-19-7-9-20(10-8-19)21-5-3-11-26-16-21/h3,5,7-11,16,18,22H,4,6,12-15,17H2,1-2H3,(H,27,30)/t22-,25+/m0/s1. The fourth-order valence-electron chi connectivity index (χ4n) is 4.34. The molecule has 170 valence electrons. The molecule has 2 aliphatic rings. The minimum atomic E-state index is -1.13. The molecule has 2 amide bonds. The zero-order chi connectivity index (χ0) is 22.6. The number of carbonyl (C=O) groups is 2. The van der Waals surface area contributed by atoms with Crippen molar-refractivity contribution in [3.8, 4) is 11.1 Å². The van der Waals surface area contributed by atoms with Crippen LogP contribution in [-0.2, 0) is 25.5 Å². The van der Waals surface area contributed by atoms with E-state index >= 15 is 0 Å². The molecule has 2 saturated heterocycles. The van der Waals surface area contributed by atoms with Gasteiger partial charge in [0, 0.05) is 38.0 Å². The molecule has 2 aromatic rings. The van der Waals surface area contributed by atoms with E-state index in [4.69, 9.17) is 9.47 Å². The molecule has 1 aromatic carbocycles. The molecule has 4 rings (SSSR count). The second-order valence-corrected chi connectivity index (χ2v) is 8.85. The summed E-state index contributed by atoms with van der Waals surface area (Å²) in [5, 5.41) is 3.00. The lowest BCUT2D eigenvalue weighted by Gasteiger charge is -2.42. The lowest BCUT2D eigenvalue weighted by Crippen LogP contribution is -2.63. The maximum absolute atomic E-state index is 13.3. The van der Waals surface area contributed by atoms with Crippen molar-refractivity contribution in [2.24, 2.45) is 0 Å². The number of morpholine rings is 1. The molecule has 0 spiro atoms. The third kappa shape index (κ3) is 5.00. The van der Waals surface area contributed by atoms with Gasteiger partial charge >= 0.3 is 0 Å². The van der Waals surface area contributed by atoms with E-state index < -0.39 is 11.7 Å². The molecule has 2 atom stereocenters. The number of rotatable bonds is 6. The first-order valence-electron chi connectivity index (χ1n) is 11.3. The molecule has 32 heavy (non-hydrogen) atoms. The van der Waals surface area contributed by atoms with Gasteiger partial charge in [0.05, 0.1) is 13.2 Å². The summed E-state index contributed by atoms with van der Waals surface area (Å²) < 4.78 is 11.7. The highest BCUT2D eigenvalue weighted by molar-refractivity contribution is 5.88. The van der Waals surface area contributed by atoms with Crippen LogP contribution in [0.25, 0.3) is 11.1 Å². The van der Waals surface area contributed by atoms with E-state index in [2.05, 4.69) is 10.3 Å². The SMILES string of the molecule is CC(C)NC(=O)[C@@]1(Cc2ccc(-c3cccnc3)cc2)CN(C(=O)[C@@H]2CCCO2)CCO1. The van der Waals surface area contributed by atoms with Crippen molar-refractivity contribution < 1.29 is 19.1 Å². The van der Waals surface area contributed by atoms with Gasteiger partial charge in [0.25, 0.3) is 11.8 Å². The van der Waals surface area contributed by atoms with Gasteiger partial charge in [0.15, 0.2) is 5.60 Å². The smallest absolute Gasteiger partial charge is 0.254 e. The Labute approximate surface area is 189 Å². The van der Waals surface area contributed by atoms with Crippen LogP contribution in [0.1, 0.15) is 32.3 Å². The Morgan fingerprint density at radius 3 is 2.66 bits per heavy atom. The number of aromatic nitrogens is 1. The van der Waals surface area contributed by atoms with Crippen LogP contribution in [-0.4, -0.2) is 65.7 Å². The van der Waals surface area contributed by atoms with Crippen molar-refractivity contribution in [1.82, 2.24) is 15.2 Å². The summed E-state index contributed by atoms with van der Waals surface area (Å²) in [6.07, 6.45) is 5.18. The summed E-state index contributed by atoms with van der Waals surface area (Å²) in [6, 6.07) is 12.0. The van der Waals surface area contributed by atoms with E-state index in [1.54, 1.807) is 11.1 Å². The number of amides is 2. The van der Waals surface area contributed by atoms with Gasteiger partial charge < -0.3 is 19.7 Å². The molecule has 2 aliphatic heterocycles. The van der Waals surface area contributed by atoms with Crippen LogP contribution >= 0.6 is 0 Å². The second kappa shape index (κ2) is 9.79. The molecule has 7 nitrogen and oxygen atoms in total. The van der Waals surface area contributed by atoms with Crippen molar-refractivity contribution in [2.75, 3.05) is 26.3 Å². The van der Waals surface area contributed by atoms with Crippen molar-refractivity contribution in [2.45, 2.75) is 50.9 Å². The number of pyridine rings is 1. The molecular weight excluding hydrogens is 406 g/mol. The molecule has 3 heterocycles. The number of hydrogen-bond donors (Lipinski definition) is 1. The lowest BCUT2D eigenvalue weighted by molar-refractivity contribution is -0.170. The van der Waals surface area contributed by atoms with Gasteiger partial charge in [-0.05, 0) is 49.4 Å². The molecule has 7 heteroatoms. The Morgan fingerprint density at radius 2 is 2.00 bits per heavy atom. The lowest BCUT2D eigenvalue weighted by atomic mass is 9.90. The van der Waals surface area contributed by atoms with E-state index in [9.17, 15) is 9.59 Å². The van der Waals surface area contributed by atoms with Crippen LogP contribution in [0.2, 0.25) is 0 Å². The highest BCUT2D eigenvalue weighted by atomic mass is 16.5. The molecular formula is C25H31N3O4. The van der Waals surface area contributed by atoms with Gasteiger partial charge in [-0.3, -0.25) is 14.6 Å². The first-order chi connectivity index (χ1) is 15.5. The maximum Gasteiger partial charge on any atom is 0.254 e. The predicted molar refractivity (Wildman–Crippen MR) is 121 cm³/mol. The zero-order valence-electron chi connectivity index (χ0n) is 18.8. The van der Waals surface area contributed by atoms with Crippen LogP contribution in [0.3, 0.4) is 0 Å². The normalized spacial score (nSPS) is 23.3. The van der Waals surface area contributed by atoms with E-state index in [0.29, 0.717) is 26.2 Å². The second-order valence-electron chi connectivity index (χ2n) is 8.85. The highest BCUT2D eigenvalue weighted by Gasteiger charge is 2.46. The molecule has 0 aliphatic carbocycles. The Kier molecular flexibility index (Phi) is 6.86. The van der Waals surface area contributed by atoms with Crippen LogP contribution in [0.15, 0.2) is 48.8 Å². The molecule has 0 saturated carbocycles. The van der Waals surface area contributed by atoms with Crippen molar-refractivity contribution in [1.29, 1.82) is 0 Å². The van der Waals surface area contributed by atoms with E-state index in [1.807, 2.05) is 56.4 Å². The third-order valence-corrected chi connectivity index (χ3v) is 5.97. The van der Waals surface area contributed by atoms with Gasteiger partial charge in [-0.25, -0.2) is 0 Å². The monoisotopic (exact) mass is 437 g/mol. The molecule has 1 aromatic heterocycles. The minimum Gasteiger partial charge on any atom is -0.368 e. The van der Waals surface area contributed by atoms with Crippen LogP contribution < -0.4 is 5.32 Å². The van der Waals surface area contributed by atoms with Crippen molar-refractivity contribution >= 4 is 11.8 Å². The van der Waals surface area contributed by atoms with Crippen LogP contribution in [0, 0.1) is 0 Å². The van der Waals surface area contributed by atoms with E-state index in [0.717, 1.165) is 29.5 Å². The molecule has 0 radical (unpaired) electrons. The van der Waals surface area contributed by atoms with Gasteiger partial charge in [-0.2, -0.15) is 0 Å². The molecule has 0 unspecified atom stereocenters. The summed E-state index contributed by atoms with van der Waals surface area (Å²) in [5.74, 6) is -0.229. The number of nitrogens with one attached hydrogen (secondary N) is 1. The van der Waals surface area contributed by atoms with Gasteiger partial charge in [-0.1, -0.05) is 30.3 Å². The fourth-order valence-corrected chi connectivity index (χ4v) is 4.34. The predicted octanol–water partition coefficient (Wildman–Crippen LogP) is 2.59. The Balaban J connectivity index is 1.56. The topological polar surface area (TPSA) is 80.8 Å². The van der Waals surface area contributed by atoms with Gasteiger partial charge in [0.1, 0.15) is 6.10 Å². The highest BCUT2D eigenvalue weighted by Crippen LogP contribution is 2.27. The number of hydrogen-bond acceptors (Lipinski definition) is 5. The van der Waals surface area contributed by atoms with E-state index in [-0.39, 0.29) is 24.4 Å².